The Morgan fingerprint density at radius 2 is 2.29 bits per heavy atom. The lowest BCUT2D eigenvalue weighted by Gasteiger charge is -2.17. The predicted molar refractivity (Wildman–Crippen MR) is 94.6 cm³/mol. The Morgan fingerprint density at radius 1 is 1.43 bits per heavy atom. The van der Waals surface area contributed by atoms with Gasteiger partial charge >= 0.3 is 0 Å². The van der Waals surface area contributed by atoms with E-state index in [1.165, 1.54) is 24.8 Å². The third-order valence-electron chi connectivity index (χ3n) is 3.88. The van der Waals surface area contributed by atoms with Gasteiger partial charge in [-0.05, 0) is 49.6 Å². The summed E-state index contributed by atoms with van der Waals surface area (Å²) in [7, 11) is 1.83. The topological polar surface area (TPSA) is 36.4 Å². The Bertz CT molecular complexity index is 478. The number of guanidine groups is 1. The van der Waals surface area contributed by atoms with Crippen molar-refractivity contribution in [1.29, 1.82) is 0 Å². The van der Waals surface area contributed by atoms with Crippen molar-refractivity contribution in [2.75, 3.05) is 19.8 Å². The largest absolute Gasteiger partial charge is 0.356 e. The van der Waals surface area contributed by atoms with Gasteiger partial charge < -0.3 is 10.6 Å². The molecule has 2 N–H and O–H groups in total. The molecule has 1 aliphatic rings. The number of aliphatic imine (C=N–C) groups is 1. The minimum atomic E-state index is 0.555. The molecule has 0 aromatic heterocycles. The molecule has 21 heavy (non-hydrogen) atoms. The molecule has 0 amide bonds. The van der Waals surface area contributed by atoms with E-state index in [4.69, 9.17) is 11.6 Å². The second-order valence-corrected chi connectivity index (χ2v) is 6.97. The Balaban J connectivity index is 1.73. The number of halogens is 1. The van der Waals surface area contributed by atoms with Gasteiger partial charge in [0.2, 0.25) is 0 Å². The van der Waals surface area contributed by atoms with Crippen molar-refractivity contribution in [3.05, 3.63) is 34.9 Å². The first-order chi connectivity index (χ1) is 10.2. The van der Waals surface area contributed by atoms with E-state index < -0.39 is 0 Å². The summed E-state index contributed by atoms with van der Waals surface area (Å²) in [6.45, 7) is 0.860. The number of hydrogen-bond acceptors (Lipinski definition) is 2. The lowest BCUT2D eigenvalue weighted by molar-refractivity contribution is 0.614. The van der Waals surface area contributed by atoms with E-state index in [2.05, 4.69) is 27.9 Å². The van der Waals surface area contributed by atoms with Crippen LogP contribution in [0.15, 0.2) is 29.3 Å². The van der Waals surface area contributed by atoms with Crippen molar-refractivity contribution >= 4 is 29.3 Å². The highest BCUT2D eigenvalue weighted by Crippen LogP contribution is 2.27. The monoisotopic (exact) mass is 325 g/mol. The summed E-state index contributed by atoms with van der Waals surface area (Å²) in [5, 5.41) is 8.51. The normalized spacial score (nSPS) is 22.3. The van der Waals surface area contributed by atoms with Crippen molar-refractivity contribution in [1.82, 2.24) is 10.6 Å². The standard InChI is InChI=1S/C16H24ClN3S/c1-18-16(20-14-6-7-15(11-14)21-2)19-9-8-12-4-3-5-13(17)10-12/h3-5,10,14-15H,6-9,11H2,1-2H3,(H2,18,19,20). The number of thioether (sulfide) groups is 1. The van der Waals surface area contributed by atoms with Gasteiger partial charge in [0, 0.05) is 29.9 Å². The molecule has 2 unspecified atom stereocenters. The Kier molecular flexibility index (Phi) is 6.71. The average molecular weight is 326 g/mol. The third kappa shape index (κ3) is 5.44. The number of nitrogens with zero attached hydrogens (tertiary/aromatic N) is 1. The molecule has 0 aliphatic heterocycles. The SMILES string of the molecule is CN=C(NCCc1cccc(Cl)c1)NC1CCC(SC)C1. The lowest BCUT2D eigenvalue weighted by atomic mass is 10.1. The van der Waals surface area contributed by atoms with Gasteiger partial charge in [-0.15, -0.1) is 0 Å². The zero-order valence-corrected chi connectivity index (χ0v) is 14.3. The highest BCUT2D eigenvalue weighted by atomic mass is 35.5. The smallest absolute Gasteiger partial charge is 0.191 e. The lowest BCUT2D eigenvalue weighted by Crippen LogP contribution is -2.43. The second kappa shape index (κ2) is 8.54. The zero-order valence-electron chi connectivity index (χ0n) is 12.7. The van der Waals surface area contributed by atoms with Crippen LogP contribution in [0.2, 0.25) is 5.02 Å². The molecule has 0 saturated heterocycles. The van der Waals surface area contributed by atoms with Crippen LogP contribution in [0.3, 0.4) is 0 Å². The van der Waals surface area contributed by atoms with Gasteiger partial charge in [-0.2, -0.15) is 11.8 Å². The highest BCUT2D eigenvalue weighted by Gasteiger charge is 2.24. The molecule has 1 aromatic rings. The molecule has 3 nitrogen and oxygen atoms in total. The fourth-order valence-corrected chi connectivity index (χ4v) is 3.70. The van der Waals surface area contributed by atoms with E-state index in [0.29, 0.717) is 6.04 Å². The molecule has 0 radical (unpaired) electrons. The fourth-order valence-electron chi connectivity index (χ4n) is 2.69. The van der Waals surface area contributed by atoms with Gasteiger partial charge in [0.1, 0.15) is 0 Å². The Morgan fingerprint density at radius 3 is 2.95 bits per heavy atom. The minimum absolute atomic E-state index is 0.555. The van der Waals surface area contributed by atoms with Crippen molar-refractivity contribution < 1.29 is 0 Å². The minimum Gasteiger partial charge on any atom is -0.356 e. The number of benzene rings is 1. The van der Waals surface area contributed by atoms with Crippen LogP contribution in [0.25, 0.3) is 0 Å². The van der Waals surface area contributed by atoms with Crippen molar-refractivity contribution in [3.63, 3.8) is 0 Å². The maximum atomic E-state index is 6.00. The fraction of sp³-hybridized carbons (Fsp3) is 0.562. The first-order valence-electron chi connectivity index (χ1n) is 7.45. The summed E-state index contributed by atoms with van der Waals surface area (Å²) < 4.78 is 0. The van der Waals surface area contributed by atoms with Crippen LogP contribution in [-0.2, 0) is 6.42 Å². The predicted octanol–water partition coefficient (Wildman–Crippen LogP) is 3.33. The molecular formula is C16H24ClN3S. The summed E-state index contributed by atoms with van der Waals surface area (Å²) in [6.07, 6.45) is 6.92. The maximum Gasteiger partial charge on any atom is 0.191 e. The van der Waals surface area contributed by atoms with Gasteiger partial charge in [0.05, 0.1) is 0 Å². The van der Waals surface area contributed by atoms with E-state index in [-0.39, 0.29) is 0 Å². The van der Waals surface area contributed by atoms with E-state index in [1.807, 2.05) is 37.0 Å². The van der Waals surface area contributed by atoms with Crippen LogP contribution >= 0.6 is 23.4 Å². The molecule has 1 saturated carbocycles. The molecule has 5 heteroatoms. The number of hydrogen-bond donors (Lipinski definition) is 2. The number of rotatable bonds is 5. The van der Waals surface area contributed by atoms with Crippen LogP contribution < -0.4 is 10.6 Å². The van der Waals surface area contributed by atoms with E-state index in [1.54, 1.807) is 0 Å². The molecule has 0 bridgehead atoms. The third-order valence-corrected chi connectivity index (χ3v) is 5.21. The molecular weight excluding hydrogens is 302 g/mol. The molecule has 1 fully saturated rings. The molecule has 116 valence electrons. The van der Waals surface area contributed by atoms with Gasteiger partial charge in [-0.25, -0.2) is 0 Å². The highest BCUT2D eigenvalue weighted by molar-refractivity contribution is 7.99. The molecule has 0 spiro atoms. The van der Waals surface area contributed by atoms with Gasteiger partial charge in [0.15, 0.2) is 5.96 Å². The van der Waals surface area contributed by atoms with Crippen LogP contribution in [0.5, 0.6) is 0 Å². The van der Waals surface area contributed by atoms with Gasteiger partial charge in [0.25, 0.3) is 0 Å². The quantitative estimate of drug-likeness (QED) is 0.644. The van der Waals surface area contributed by atoms with Crippen LogP contribution in [0.1, 0.15) is 24.8 Å². The van der Waals surface area contributed by atoms with Crippen molar-refractivity contribution in [2.24, 2.45) is 4.99 Å². The van der Waals surface area contributed by atoms with Crippen LogP contribution in [0, 0.1) is 0 Å². The summed E-state index contributed by atoms with van der Waals surface area (Å²) in [4.78, 5) is 4.31. The first kappa shape index (κ1) is 16.5. The maximum absolute atomic E-state index is 6.00. The average Bonchev–Trinajstić information content (AvgIpc) is 2.94. The number of nitrogens with one attached hydrogen (secondary N) is 2. The van der Waals surface area contributed by atoms with E-state index in [9.17, 15) is 0 Å². The second-order valence-electron chi connectivity index (χ2n) is 5.39. The molecule has 1 aromatic carbocycles. The van der Waals surface area contributed by atoms with Crippen LogP contribution in [0.4, 0.5) is 0 Å². The molecule has 1 aliphatic carbocycles. The molecule has 2 atom stereocenters. The van der Waals surface area contributed by atoms with Crippen molar-refractivity contribution in [3.8, 4) is 0 Å². The Hall–Kier alpha value is -0.870. The summed E-state index contributed by atoms with van der Waals surface area (Å²) in [6, 6.07) is 8.57. The molecule has 0 heterocycles. The summed E-state index contributed by atoms with van der Waals surface area (Å²) in [5.41, 5.74) is 1.24. The summed E-state index contributed by atoms with van der Waals surface area (Å²) >= 11 is 7.97. The van der Waals surface area contributed by atoms with Crippen LogP contribution in [-0.4, -0.2) is 37.1 Å². The van der Waals surface area contributed by atoms with Gasteiger partial charge in [-0.3, -0.25) is 4.99 Å². The van der Waals surface area contributed by atoms with E-state index in [0.717, 1.165) is 29.2 Å². The zero-order chi connectivity index (χ0) is 15.1. The van der Waals surface area contributed by atoms with Gasteiger partial charge in [-0.1, -0.05) is 23.7 Å². The first-order valence-corrected chi connectivity index (χ1v) is 9.12. The molecule has 2 rings (SSSR count). The summed E-state index contributed by atoms with van der Waals surface area (Å²) in [5.74, 6) is 0.906. The van der Waals surface area contributed by atoms with E-state index >= 15 is 0 Å². The Labute approximate surface area is 136 Å². The van der Waals surface area contributed by atoms with Crippen molar-refractivity contribution in [2.45, 2.75) is 37.0 Å².